The van der Waals surface area contributed by atoms with Gasteiger partial charge in [0.2, 0.25) is 0 Å². The van der Waals surface area contributed by atoms with Gasteiger partial charge in [-0.2, -0.15) is 0 Å². The maximum atomic E-state index is 5.92. The van der Waals surface area contributed by atoms with Crippen LogP contribution in [0.4, 0.5) is 0 Å². The fourth-order valence-electron chi connectivity index (χ4n) is 3.30. The predicted octanol–water partition coefficient (Wildman–Crippen LogP) is 1.72. The Bertz CT molecular complexity index is 206. The van der Waals surface area contributed by atoms with Crippen molar-refractivity contribution in [2.45, 2.75) is 69.5 Å². The molecule has 3 heteroatoms. The number of likely N-dealkylation sites (N-methyl/N-ethyl adjacent to an activating group) is 1. The molecular formula is C14H29N3. The Morgan fingerprint density at radius 1 is 1.06 bits per heavy atom. The van der Waals surface area contributed by atoms with E-state index in [2.05, 4.69) is 17.3 Å². The zero-order chi connectivity index (χ0) is 12.1. The van der Waals surface area contributed by atoms with Gasteiger partial charge in [-0.05, 0) is 45.6 Å². The average Bonchev–Trinajstić information content (AvgIpc) is 2.85. The molecule has 0 aliphatic heterocycles. The van der Waals surface area contributed by atoms with Gasteiger partial charge in [0.05, 0.1) is 0 Å². The molecule has 0 unspecified atom stereocenters. The summed E-state index contributed by atoms with van der Waals surface area (Å²) >= 11 is 0. The molecule has 0 saturated heterocycles. The van der Waals surface area contributed by atoms with Crippen LogP contribution in [0.3, 0.4) is 0 Å². The fraction of sp³-hybridized carbons (Fsp3) is 1.00. The maximum Gasteiger partial charge on any atom is 0.0107 e. The Labute approximate surface area is 106 Å². The molecule has 0 bridgehead atoms. The molecule has 0 aromatic carbocycles. The first kappa shape index (κ1) is 13.3. The minimum atomic E-state index is 0.467. The molecule has 3 N–H and O–H groups in total. The second-order valence-electron chi connectivity index (χ2n) is 5.98. The van der Waals surface area contributed by atoms with Crippen molar-refractivity contribution in [2.75, 3.05) is 20.1 Å². The monoisotopic (exact) mass is 239 g/mol. The van der Waals surface area contributed by atoms with Crippen molar-refractivity contribution in [3.8, 4) is 0 Å². The Morgan fingerprint density at radius 2 is 1.71 bits per heavy atom. The van der Waals surface area contributed by atoms with E-state index in [1.807, 2.05) is 0 Å². The minimum absolute atomic E-state index is 0.467. The molecule has 17 heavy (non-hydrogen) atoms. The van der Waals surface area contributed by atoms with Crippen molar-refractivity contribution in [1.29, 1.82) is 0 Å². The van der Waals surface area contributed by atoms with E-state index in [0.717, 1.165) is 18.6 Å². The van der Waals surface area contributed by atoms with E-state index in [9.17, 15) is 0 Å². The molecular weight excluding hydrogens is 210 g/mol. The van der Waals surface area contributed by atoms with Crippen molar-refractivity contribution in [3.63, 3.8) is 0 Å². The SMILES string of the molecule is CN(CCNC1CCC(N)CC1)C1CCCC1. The van der Waals surface area contributed by atoms with Gasteiger partial charge < -0.3 is 16.0 Å². The van der Waals surface area contributed by atoms with Gasteiger partial charge in [0, 0.05) is 31.2 Å². The second-order valence-corrected chi connectivity index (χ2v) is 5.98. The van der Waals surface area contributed by atoms with Crippen molar-refractivity contribution in [1.82, 2.24) is 10.2 Å². The molecule has 0 aromatic rings. The highest BCUT2D eigenvalue weighted by molar-refractivity contribution is 4.80. The summed E-state index contributed by atoms with van der Waals surface area (Å²) in [6.45, 7) is 2.35. The highest BCUT2D eigenvalue weighted by atomic mass is 15.1. The molecule has 0 heterocycles. The van der Waals surface area contributed by atoms with Crippen LogP contribution in [0.2, 0.25) is 0 Å². The van der Waals surface area contributed by atoms with Crippen LogP contribution in [-0.2, 0) is 0 Å². The van der Waals surface area contributed by atoms with Crippen molar-refractivity contribution in [3.05, 3.63) is 0 Å². The van der Waals surface area contributed by atoms with Gasteiger partial charge in [0.1, 0.15) is 0 Å². The topological polar surface area (TPSA) is 41.3 Å². The normalized spacial score (nSPS) is 31.2. The first-order chi connectivity index (χ1) is 8.25. The molecule has 0 radical (unpaired) electrons. The molecule has 0 aromatic heterocycles. The van der Waals surface area contributed by atoms with E-state index in [1.54, 1.807) is 0 Å². The minimum Gasteiger partial charge on any atom is -0.328 e. The maximum absolute atomic E-state index is 5.92. The molecule has 2 saturated carbocycles. The van der Waals surface area contributed by atoms with Crippen LogP contribution in [0, 0.1) is 0 Å². The quantitative estimate of drug-likeness (QED) is 0.767. The summed E-state index contributed by atoms with van der Waals surface area (Å²) in [6.07, 6.45) is 10.6. The Balaban J connectivity index is 1.56. The van der Waals surface area contributed by atoms with Gasteiger partial charge in [-0.25, -0.2) is 0 Å². The van der Waals surface area contributed by atoms with Gasteiger partial charge in [-0.3, -0.25) is 0 Å². The van der Waals surface area contributed by atoms with E-state index in [1.165, 1.54) is 57.9 Å². The van der Waals surface area contributed by atoms with Crippen LogP contribution in [0.5, 0.6) is 0 Å². The summed E-state index contributed by atoms with van der Waals surface area (Å²) in [4.78, 5) is 2.55. The summed E-state index contributed by atoms with van der Waals surface area (Å²) in [6, 6.07) is 2.05. The zero-order valence-corrected chi connectivity index (χ0v) is 11.3. The number of nitrogens with one attached hydrogen (secondary N) is 1. The fourth-order valence-corrected chi connectivity index (χ4v) is 3.30. The lowest BCUT2D eigenvalue weighted by Gasteiger charge is -2.29. The average molecular weight is 239 g/mol. The summed E-state index contributed by atoms with van der Waals surface area (Å²) in [7, 11) is 2.29. The standard InChI is InChI=1S/C14H29N3/c1-17(14-4-2-3-5-14)11-10-16-13-8-6-12(15)7-9-13/h12-14,16H,2-11,15H2,1H3. The Morgan fingerprint density at radius 3 is 2.35 bits per heavy atom. The molecule has 0 spiro atoms. The summed E-state index contributed by atoms with van der Waals surface area (Å²) < 4.78 is 0. The van der Waals surface area contributed by atoms with Crippen LogP contribution in [0.1, 0.15) is 51.4 Å². The lowest BCUT2D eigenvalue weighted by molar-refractivity contribution is 0.236. The largest absolute Gasteiger partial charge is 0.328 e. The number of hydrogen-bond acceptors (Lipinski definition) is 3. The van der Waals surface area contributed by atoms with Crippen molar-refractivity contribution >= 4 is 0 Å². The number of nitrogens with two attached hydrogens (primary N) is 1. The lowest BCUT2D eigenvalue weighted by atomic mass is 9.92. The highest BCUT2D eigenvalue weighted by Crippen LogP contribution is 2.22. The molecule has 0 amide bonds. The molecule has 3 nitrogen and oxygen atoms in total. The molecule has 0 atom stereocenters. The van der Waals surface area contributed by atoms with E-state index >= 15 is 0 Å². The van der Waals surface area contributed by atoms with Gasteiger partial charge >= 0.3 is 0 Å². The molecule has 2 aliphatic rings. The highest BCUT2D eigenvalue weighted by Gasteiger charge is 2.20. The first-order valence-electron chi connectivity index (χ1n) is 7.45. The molecule has 100 valence electrons. The van der Waals surface area contributed by atoms with Crippen LogP contribution < -0.4 is 11.1 Å². The molecule has 2 aliphatic carbocycles. The molecule has 2 fully saturated rings. The van der Waals surface area contributed by atoms with E-state index in [0.29, 0.717) is 6.04 Å². The van der Waals surface area contributed by atoms with Crippen molar-refractivity contribution in [2.24, 2.45) is 5.73 Å². The van der Waals surface area contributed by atoms with Crippen LogP contribution in [-0.4, -0.2) is 43.2 Å². The smallest absolute Gasteiger partial charge is 0.0107 e. The summed E-state index contributed by atoms with van der Waals surface area (Å²) in [5.74, 6) is 0. The first-order valence-corrected chi connectivity index (χ1v) is 7.45. The third-order valence-electron chi connectivity index (χ3n) is 4.62. The van der Waals surface area contributed by atoms with E-state index < -0.39 is 0 Å². The summed E-state index contributed by atoms with van der Waals surface area (Å²) in [5, 5.41) is 3.70. The number of hydrogen-bond donors (Lipinski definition) is 2. The van der Waals surface area contributed by atoms with Crippen LogP contribution >= 0.6 is 0 Å². The van der Waals surface area contributed by atoms with E-state index in [4.69, 9.17) is 5.73 Å². The predicted molar refractivity (Wildman–Crippen MR) is 73.1 cm³/mol. The third-order valence-corrected chi connectivity index (χ3v) is 4.62. The Hall–Kier alpha value is -0.120. The van der Waals surface area contributed by atoms with Gasteiger partial charge in [0.25, 0.3) is 0 Å². The lowest BCUT2D eigenvalue weighted by Crippen LogP contribution is -2.42. The number of rotatable bonds is 5. The Kier molecular flexibility index (Phi) is 5.26. The van der Waals surface area contributed by atoms with Gasteiger partial charge in [-0.15, -0.1) is 0 Å². The van der Waals surface area contributed by atoms with E-state index in [-0.39, 0.29) is 0 Å². The third kappa shape index (κ3) is 4.23. The van der Waals surface area contributed by atoms with Crippen molar-refractivity contribution < 1.29 is 0 Å². The summed E-state index contributed by atoms with van der Waals surface area (Å²) in [5.41, 5.74) is 5.92. The molecule has 2 rings (SSSR count). The van der Waals surface area contributed by atoms with Crippen LogP contribution in [0.25, 0.3) is 0 Å². The van der Waals surface area contributed by atoms with Gasteiger partial charge in [0.15, 0.2) is 0 Å². The zero-order valence-electron chi connectivity index (χ0n) is 11.3. The second kappa shape index (κ2) is 6.72. The van der Waals surface area contributed by atoms with Gasteiger partial charge in [-0.1, -0.05) is 12.8 Å². The number of nitrogens with zero attached hydrogens (tertiary/aromatic N) is 1. The van der Waals surface area contributed by atoms with Crippen LogP contribution in [0.15, 0.2) is 0 Å².